The summed E-state index contributed by atoms with van der Waals surface area (Å²) in [6, 6.07) is 0. The summed E-state index contributed by atoms with van der Waals surface area (Å²) >= 11 is 0. The van der Waals surface area contributed by atoms with Gasteiger partial charge in [0.25, 0.3) is 0 Å². The van der Waals surface area contributed by atoms with E-state index in [-0.39, 0.29) is 19.4 Å². The molecule has 0 aromatic heterocycles. The van der Waals surface area contributed by atoms with Crippen LogP contribution in [0.25, 0.3) is 0 Å². The fraction of sp³-hybridized carbons (Fsp3) is 0.947. The van der Waals surface area contributed by atoms with Gasteiger partial charge in [-0.05, 0) is 12.8 Å². The van der Waals surface area contributed by atoms with Gasteiger partial charge in [0.2, 0.25) is 0 Å². The first-order valence-electron chi connectivity index (χ1n) is 19.8. The van der Waals surface area contributed by atoms with Crippen LogP contribution >= 0.6 is 7.82 Å². The highest BCUT2D eigenvalue weighted by Gasteiger charge is 2.22. The van der Waals surface area contributed by atoms with Crippen LogP contribution in [0.3, 0.4) is 0 Å². The summed E-state index contributed by atoms with van der Waals surface area (Å²) in [6.45, 7) is 3.70. The molecule has 8 nitrogen and oxygen atoms in total. The maximum atomic E-state index is 12.3. The Bertz CT molecular complexity index is 741. The summed E-state index contributed by atoms with van der Waals surface area (Å²) in [6.07, 6.45) is 35.4. The van der Waals surface area contributed by atoms with Crippen molar-refractivity contribution in [2.24, 2.45) is 0 Å². The zero-order chi connectivity index (χ0) is 34.7. The van der Waals surface area contributed by atoms with Crippen LogP contribution in [0.5, 0.6) is 0 Å². The average molecular weight is 691 g/mol. The van der Waals surface area contributed by atoms with Crippen LogP contribution in [0.15, 0.2) is 0 Å². The summed E-state index contributed by atoms with van der Waals surface area (Å²) < 4.78 is 26.3. The van der Waals surface area contributed by atoms with Gasteiger partial charge in [0.05, 0.1) is 6.61 Å². The minimum absolute atomic E-state index is 0.219. The van der Waals surface area contributed by atoms with Gasteiger partial charge in [-0.15, -0.1) is 0 Å². The quantitative estimate of drug-likeness (QED) is 0.0375. The third-order valence-electron chi connectivity index (χ3n) is 8.88. The number of phosphoric ester groups is 1. The van der Waals surface area contributed by atoms with Crippen molar-refractivity contribution in [3.8, 4) is 0 Å². The summed E-state index contributed by atoms with van der Waals surface area (Å²) in [5.41, 5.74) is 0. The van der Waals surface area contributed by atoms with Gasteiger partial charge < -0.3 is 19.3 Å². The van der Waals surface area contributed by atoms with Gasteiger partial charge in [0, 0.05) is 12.8 Å². The maximum Gasteiger partial charge on any atom is 0.469 e. The van der Waals surface area contributed by atoms with Crippen LogP contribution in [0.1, 0.15) is 213 Å². The standard InChI is InChI=1S/C38H75O8P/c1-3-5-7-9-11-13-15-17-18-19-20-21-23-24-26-28-30-32-37(39)44-34-36(35-45-47(41,42)43)46-38(40)33-31-29-27-25-22-16-14-12-10-8-6-4-2/h36H,3-35H2,1-2H3,(H2,41,42,43)/t36-/m1/s1. The van der Waals surface area contributed by atoms with E-state index in [0.29, 0.717) is 6.42 Å². The number of hydrogen-bond acceptors (Lipinski definition) is 6. The lowest BCUT2D eigenvalue weighted by Crippen LogP contribution is -2.29. The fourth-order valence-electron chi connectivity index (χ4n) is 5.90. The van der Waals surface area contributed by atoms with E-state index in [2.05, 4.69) is 18.4 Å². The van der Waals surface area contributed by atoms with Gasteiger partial charge in [-0.2, -0.15) is 0 Å². The van der Waals surface area contributed by atoms with Crippen molar-refractivity contribution in [1.29, 1.82) is 0 Å². The lowest BCUT2D eigenvalue weighted by atomic mass is 10.0. The van der Waals surface area contributed by atoms with E-state index >= 15 is 0 Å². The topological polar surface area (TPSA) is 119 Å². The maximum absolute atomic E-state index is 12.3. The third-order valence-corrected chi connectivity index (χ3v) is 9.36. The number of phosphoric acid groups is 1. The summed E-state index contributed by atoms with van der Waals surface area (Å²) in [7, 11) is -4.74. The second-order valence-electron chi connectivity index (χ2n) is 13.6. The third kappa shape index (κ3) is 37.7. The number of esters is 2. The second kappa shape index (κ2) is 34.9. The van der Waals surface area contributed by atoms with Crippen LogP contribution in [-0.4, -0.2) is 41.0 Å². The number of ether oxygens (including phenoxy) is 2. The SMILES string of the molecule is CCCCCCCCCCCCCCCCCCCC(=O)OC[C@H](COP(=O)(O)O)OC(=O)CCCCCCCCCCCCCC. The van der Waals surface area contributed by atoms with Crippen LogP contribution < -0.4 is 0 Å². The largest absolute Gasteiger partial charge is 0.469 e. The van der Waals surface area contributed by atoms with Gasteiger partial charge in [-0.25, -0.2) is 4.57 Å². The van der Waals surface area contributed by atoms with Gasteiger partial charge in [0.15, 0.2) is 6.10 Å². The van der Waals surface area contributed by atoms with E-state index in [1.54, 1.807) is 0 Å². The predicted octanol–water partition coefficient (Wildman–Crippen LogP) is 11.7. The molecule has 0 fully saturated rings. The highest BCUT2D eigenvalue weighted by molar-refractivity contribution is 7.46. The van der Waals surface area contributed by atoms with E-state index in [4.69, 9.17) is 19.3 Å². The van der Waals surface area contributed by atoms with Gasteiger partial charge in [-0.3, -0.25) is 14.1 Å². The number of carbonyl (C=O) groups excluding carboxylic acids is 2. The molecular weight excluding hydrogens is 615 g/mol. The molecule has 0 amide bonds. The monoisotopic (exact) mass is 691 g/mol. The highest BCUT2D eigenvalue weighted by atomic mass is 31.2. The molecule has 0 spiro atoms. The van der Waals surface area contributed by atoms with E-state index in [0.717, 1.165) is 38.5 Å². The molecule has 0 heterocycles. The van der Waals surface area contributed by atoms with E-state index in [1.807, 2.05) is 0 Å². The molecule has 280 valence electrons. The molecule has 0 aromatic carbocycles. The van der Waals surface area contributed by atoms with Crippen LogP contribution in [0.4, 0.5) is 0 Å². The van der Waals surface area contributed by atoms with Crippen molar-refractivity contribution in [2.75, 3.05) is 13.2 Å². The van der Waals surface area contributed by atoms with Gasteiger partial charge in [0.1, 0.15) is 6.61 Å². The molecule has 47 heavy (non-hydrogen) atoms. The molecule has 2 N–H and O–H groups in total. The summed E-state index contributed by atoms with van der Waals surface area (Å²) in [5.74, 6) is -0.871. The first-order chi connectivity index (χ1) is 22.8. The summed E-state index contributed by atoms with van der Waals surface area (Å²) in [5, 5.41) is 0. The van der Waals surface area contributed by atoms with E-state index in [9.17, 15) is 14.2 Å². The Labute approximate surface area is 289 Å². The molecule has 0 unspecified atom stereocenters. The number of unbranched alkanes of at least 4 members (excludes halogenated alkanes) is 27. The Hall–Kier alpha value is -0.950. The highest BCUT2D eigenvalue weighted by Crippen LogP contribution is 2.36. The molecule has 9 heteroatoms. The minimum atomic E-state index is -4.74. The Morgan fingerprint density at radius 1 is 0.468 bits per heavy atom. The Morgan fingerprint density at radius 3 is 1.09 bits per heavy atom. The van der Waals surface area contributed by atoms with Crippen molar-refractivity contribution in [2.45, 2.75) is 219 Å². The molecule has 0 aliphatic rings. The van der Waals surface area contributed by atoms with Crippen LogP contribution in [-0.2, 0) is 28.2 Å². The molecule has 0 aliphatic carbocycles. The summed E-state index contributed by atoms with van der Waals surface area (Å²) in [4.78, 5) is 42.7. The normalized spacial score (nSPS) is 12.3. The van der Waals surface area contributed by atoms with Crippen molar-refractivity contribution in [3.63, 3.8) is 0 Å². The number of carbonyl (C=O) groups is 2. The zero-order valence-corrected chi connectivity index (χ0v) is 31.6. The minimum Gasteiger partial charge on any atom is -0.462 e. The van der Waals surface area contributed by atoms with E-state index in [1.165, 1.54) is 141 Å². The molecule has 0 saturated carbocycles. The van der Waals surface area contributed by atoms with Crippen LogP contribution in [0, 0.1) is 0 Å². The molecule has 0 rings (SSSR count). The van der Waals surface area contributed by atoms with Crippen molar-refractivity contribution >= 4 is 19.8 Å². The predicted molar refractivity (Wildman–Crippen MR) is 193 cm³/mol. The fourth-order valence-corrected chi connectivity index (χ4v) is 6.26. The molecule has 0 radical (unpaired) electrons. The smallest absolute Gasteiger partial charge is 0.462 e. The molecular formula is C38H75O8P. The average Bonchev–Trinajstić information content (AvgIpc) is 3.04. The Balaban J connectivity index is 3.87. The second-order valence-corrected chi connectivity index (χ2v) is 14.9. The van der Waals surface area contributed by atoms with Gasteiger partial charge >= 0.3 is 19.8 Å². The van der Waals surface area contributed by atoms with Crippen molar-refractivity contribution in [1.82, 2.24) is 0 Å². The van der Waals surface area contributed by atoms with Gasteiger partial charge in [-0.1, -0.05) is 187 Å². The first-order valence-corrected chi connectivity index (χ1v) is 21.4. The Kier molecular flexibility index (Phi) is 34.2. The lowest BCUT2D eigenvalue weighted by molar-refractivity contribution is -0.161. The molecule has 0 saturated heterocycles. The molecule has 0 aliphatic heterocycles. The van der Waals surface area contributed by atoms with E-state index < -0.39 is 32.5 Å². The number of hydrogen-bond donors (Lipinski definition) is 2. The van der Waals surface area contributed by atoms with Crippen LogP contribution in [0.2, 0.25) is 0 Å². The first kappa shape index (κ1) is 46.0. The molecule has 0 aromatic rings. The Morgan fingerprint density at radius 2 is 0.766 bits per heavy atom. The number of rotatable bonds is 37. The van der Waals surface area contributed by atoms with Crippen molar-refractivity contribution < 1.29 is 37.9 Å². The zero-order valence-electron chi connectivity index (χ0n) is 30.7. The lowest BCUT2D eigenvalue weighted by Gasteiger charge is -2.18. The van der Waals surface area contributed by atoms with Crippen molar-refractivity contribution in [3.05, 3.63) is 0 Å². The molecule has 1 atom stereocenters. The molecule has 0 bridgehead atoms.